The number of rotatable bonds is 6. The van der Waals surface area contributed by atoms with Crippen molar-refractivity contribution in [2.45, 2.75) is 32.4 Å². The Hall–Kier alpha value is -3.59. The van der Waals surface area contributed by atoms with Crippen LogP contribution in [0.25, 0.3) is 0 Å². The minimum atomic E-state index is -0.987. The van der Waals surface area contributed by atoms with Crippen LogP contribution in [0.15, 0.2) is 54.6 Å². The van der Waals surface area contributed by atoms with E-state index >= 15 is 0 Å². The van der Waals surface area contributed by atoms with Crippen LogP contribution >= 0.6 is 12.4 Å². The van der Waals surface area contributed by atoms with Crippen molar-refractivity contribution in [2.24, 2.45) is 5.92 Å². The maximum atomic E-state index is 13.8. The second-order valence-corrected chi connectivity index (χ2v) is 9.68. The van der Waals surface area contributed by atoms with E-state index in [0.29, 0.717) is 38.2 Å². The van der Waals surface area contributed by atoms with Crippen LogP contribution in [0.5, 0.6) is 0 Å². The first kappa shape index (κ1) is 28.0. The van der Waals surface area contributed by atoms with Gasteiger partial charge in [0.05, 0.1) is 13.7 Å². The predicted molar refractivity (Wildman–Crippen MR) is 143 cm³/mol. The highest BCUT2D eigenvalue weighted by Gasteiger charge is 2.50. The molecule has 2 N–H and O–H groups in total. The van der Waals surface area contributed by atoms with Crippen molar-refractivity contribution < 1.29 is 19.1 Å². The SMILES string of the molecule is COC(=O)N1CCN(C(=O)c2cccc(CN3C(=N)NC(CC(C)C)(c4ccccc4)C3=O)c2)CC1.Cl. The van der Waals surface area contributed by atoms with Crippen LogP contribution in [0.3, 0.4) is 0 Å². The summed E-state index contributed by atoms with van der Waals surface area (Å²) >= 11 is 0. The lowest BCUT2D eigenvalue weighted by molar-refractivity contribution is -0.132. The first-order valence-corrected chi connectivity index (χ1v) is 12.2. The molecule has 3 amide bonds. The number of nitrogens with one attached hydrogen (secondary N) is 2. The molecule has 1 atom stereocenters. The van der Waals surface area contributed by atoms with Gasteiger partial charge in [-0.15, -0.1) is 12.4 Å². The molecule has 2 heterocycles. The number of carbonyl (C=O) groups excluding carboxylic acids is 3. The third-order valence-electron chi connectivity index (χ3n) is 6.71. The van der Waals surface area contributed by atoms with E-state index in [-0.39, 0.29) is 48.7 Å². The molecule has 2 aromatic rings. The predicted octanol–water partition coefficient (Wildman–Crippen LogP) is 3.44. The highest BCUT2D eigenvalue weighted by molar-refractivity contribution is 6.08. The van der Waals surface area contributed by atoms with Gasteiger partial charge in [0.15, 0.2) is 5.96 Å². The minimum Gasteiger partial charge on any atom is -0.453 e. The van der Waals surface area contributed by atoms with Gasteiger partial charge in [-0.05, 0) is 35.6 Å². The zero-order valence-corrected chi connectivity index (χ0v) is 22.2. The van der Waals surface area contributed by atoms with Gasteiger partial charge in [0.25, 0.3) is 11.8 Å². The number of amides is 3. The van der Waals surface area contributed by atoms with E-state index in [1.165, 1.54) is 12.0 Å². The average Bonchev–Trinajstić information content (AvgIpc) is 3.13. The van der Waals surface area contributed by atoms with Gasteiger partial charge < -0.3 is 19.9 Å². The smallest absolute Gasteiger partial charge is 0.409 e. The van der Waals surface area contributed by atoms with E-state index in [1.54, 1.807) is 28.0 Å². The first-order valence-electron chi connectivity index (χ1n) is 12.2. The Morgan fingerprint density at radius 1 is 1.03 bits per heavy atom. The highest BCUT2D eigenvalue weighted by Crippen LogP contribution is 2.35. The van der Waals surface area contributed by atoms with Gasteiger partial charge in [-0.3, -0.25) is 19.9 Å². The van der Waals surface area contributed by atoms with Crippen LogP contribution < -0.4 is 5.32 Å². The summed E-state index contributed by atoms with van der Waals surface area (Å²) in [6.45, 7) is 5.99. The van der Waals surface area contributed by atoms with Gasteiger partial charge >= 0.3 is 6.09 Å². The number of benzene rings is 2. The van der Waals surface area contributed by atoms with Gasteiger partial charge in [0.1, 0.15) is 5.54 Å². The van der Waals surface area contributed by atoms with Crippen LogP contribution in [-0.2, 0) is 21.6 Å². The standard InChI is InChI=1S/C27H33N5O4.ClH/c1-19(2)17-27(22-10-5-4-6-11-22)24(34)32(25(28)29-27)18-20-8-7-9-21(16-20)23(33)30-12-14-31(15-13-30)26(35)36-3;/h4-11,16,19H,12-15,17-18H2,1-3H3,(H2,28,29);1H. The molecular weight excluding hydrogens is 494 g/mol. The minimum absolute atomic E-state index is 0. The fourth-order valence-corrected chi connectivity index (χ4v) is 4.98. The number of hydrogen-bond acceptors (Lipinski definition) is 5. The van der Waals surface area contributed by atoms with E-state index in [4.69, 9.17) is 10.1 Å². The molecular formula is C27H34ClN5O4. The van der Waals surface area contributed by atoms with E-state index < -0.39 is 5.54 Å². The Morgan fingerprint density at radius 2 is 1.68 bits per heavy atom. The van der Waals surface area contributed by atoms with E-state index in [9.17, 15) is 14.4 Å². The van der Waals surface area contributed by atoms with Gasteiger partial charge in [-0.25, -0.2) is 4.79 Å². The van der Waals surface area contributed by atoms with Crippen molar-refractivity contribution in [1.82, 2.24) is 20.0 Å². The lowest BCUT2D eigenvalue weighted by Gasteiger charge is -2.34. The number of nitrogens with zero attached hydrogens (tertiary/aromatic N) is 3. The Kier molecular flexibility index (Phi) is 8.81. The molecule has 0 aromatic heterocycles. The zero-order valence-electron chi connectivity index (χ0n) is 21.4. The molecule has 0 radical (unpaired) electrons. The average molecular weight is 528 g/mol. The van der Waals surface area contributed by atoms with Crippen LogP contribution in [0, 0.1) is 11.3 Å². The number of piperazine rings is 1. The summed E-state index contributed by atoms with van der Waals surface area (Å²) in [5.41, 5.74) is 1.13. The number of hydrogen-bond donors (Lipinski definition) is 2. The number of ether oxygens (including phenoxy) is 1. The third-order valence-corrected chi connectivity index (χ3v) is 6.71. The number of methoxy groups -OCH3 is 1. The van der Waals surface area contributed by atoms with Crippen LogP contribution in [0.2, 0.25) is 0 Å². The summed E-state index contributed by atoms with van der Waals surface area (Å²) in [5, 5.41) is 11.8. The molecule has 37 heavy (non-hydrogen) atoms. The molecule has 2 aromatic carbocycles. The van der Waals surface area contributed by atoms with Crippen molar-refractivity contribution in [3.8, 4) is 0 Å². The molecule has 2 aliphatic rings. The maximum Gasteiger partial charge on any atom is 0.409 e. The van der Waals surface area contributed by atoms with Crippen LogP contribution in [0.4, 0.5) is 4.79 Å². The van der Waals surface area contributed by atoms with Gasteiger partial charge in [0.2, 0.25) is 0 Å². The summed E-state index contributed by atoms with van der Waals surface area (Å²) < 4.78 is 4.76. The summed E-state index contributed by atoms with van der Waals surface area (Å²) in [6, 6.07) is 16.7. The summed E-state index contributed by atoms with van der Waals surface area (Å²) in [6.07, 6.45) is 0.171. The fraction of sp³-hybridized carbons (Fsp3) is 0.407. The largest absolute Gasteiger partial charge is 0.453 e. The molecule has 10 heteroatoms. The van der Waals surface area contributed by atoms with Gasteiger partial charge in [-0.2, -0.15) is 0 Å². The molecule has 1 unspecified atom stereocenters. The first-order chi connectivity index (χ1) is 17.2. The molecule has 2 aliphatic heterocycles. The number of halogens is 1. The molecule has 2 fully saturated rings. The van der Waals surface area contributed by atoms with Crippen molar-refractivity contribution in [3.05, 3.63) is 71.3 Å². The Morgan fingerprint density at radius 3 is 2.30 bits per heavy atom. The Labute approximate surface area is 223 Å². The molecule has 9 nitrogen and oxygen atoms in total. The highest BCUT2D eigenvalue weighted by atomic mass is 35.5. The zero-order chi connectivity index (χ0) is 25.9. The van der Waals surface area contributed by atoms with Crippen molar-refractivity contribution in [2.75, 3.05) is 33.3 Å². The van der Waals surface area contributed by atoms with E-state index in [2.05, 4.69) is 19.2 Å². The molecule has 198 valence electrons. The van der Waals surface area contributed by atoms with Crippen molar-refractivity contribution in [3.63, 3.8) is 0 Å². The van der Waals surface area contributed by atoms with Crippen LogP contribution in [0.1, 0.15) is 41.8 Å². The van der Waals surface area contributed by atoms with E-state index in [0.717, 1.165) is 11.1 Å². The second-order valence-electron chi connectivity index (χ2n) is 9.68. The molecule has 0 bridgehead atoms. The molecule has 2 saturated heterocycles. The normalized spacial score (nSPS) is 19.5. The lowest BCUT2D eigenvalue weighted by atomic mass is 9.82. The Balaban J connectivity index is 0.00000380. The maximum absolute atomic E-state index is 13.8. The molecule has 0 spiro atoms. The lowest BCUT2D eigenvalue weighted by Crippen LogP contribution is -2.50. The van der Waals surface area contributed by atoms with Gasteiger partial charge in [-0.1, -0.05) is 56.3 Å². The monoisotopic (exact) mass is 527 g/mol. The Bertz CT molecular complexity index is 1150. The molecule has 0 saturated carbocycles. The summed E-state index contributed by atoms with van der Waals surface area (Å²) in [7, 11) is 1.35. The number of carbonyl (C=O) groups is 3. The van der Waals surface area contributed by atoms with Crippen molar-refractivity contribution in [1.29, 1.82) is 5.41 Å². The fourth-order valence-electron chi connectivity index (χ4n) is 4.98. The number of guanidine groups is 1. The summed E-state index contributed by atoms with van der Waals surface area (Å²) in [5.74, 6) is -0.000937. The molecule has 4 rings (SSSR count). The third kappa shape index (κ3) is 5.72. The van der Waals surface area contributed by atoms with Crippen LogP contribution in [-0.4, -0.2) is 71.9 Å². The summed E-state index contributed by atoms with van der Waals surface area (Å²) in [4.78, 5) is 43.4. The quantitative estimate of drug-likeness (QED) is 0.598. The van der Waals surface area contributed by atoms with Crippen molar-refractivity contribution >= 4 is 36.3 Å². The van der Waals surface area contributed by atoms with E-state index in [1.807, 2.05) is 36.4 Å². The van der Waals surface area contributed by atoms with Gasteiger partial charge in [0, 0.05) is 31.7 Å². The second kappa shape index (κ2) is 11.6. The topological polar surface area (TPSA) is 106 Å². The molecule has 0 aliphatic carbocycles.